The molecule has 2 aromatic rings. The third-order valence-corrected chi connectivity index (χ3v) is 3.88. The third kappa shape index (κ3) is 3.24. The minimum Gasteiger partial charge on any atom is -0.379 e. The van der Waals surface area contributed by atoms with Crippen molar-refractivity contribution in [1.29, 1.82) is 0 Å². The Kier molecular flexibility index (Phi) is 4.53. The summed E-state index contributed by atoms with van der Waals surface area (Å²) in [6.07, 6.45) is 2.09. The number of aromatic nitrogens is 1. The lowest BCUT2D eigenvalue weighted by molar-refractivity contribution is 0.823. The Balaban J connectivity index is 2.20. The van der Waals surface area contributed by atoms with Gasteiger partial charge >= 0.3 is 0 Å². The molecular weight excluding hydrogens is 244 g/mol. The zero-order valence-corrected chi connectivity index (χ0v) is 13.3. The third-order valence-electron chi connectivity index (χ3n) is 3.88. The van der Waals surface area contributed by atoms with Gasteiger partial charge in [0.05, 0.1) is 6.54 Å². The molecule has 0 radical (unpaired) electrons. The summed E-state index contributed by atoms with van der Waals surface area (Å²) in [5.74, 6) is 1.11. The van der Waals surface area contributed by atoms with Crippen LogP contribution in [0.5, 0.6) is 0 Å². The lowest BCUT2D eigenvalue weighted by atomic mass is 9.94. The van der Waals surface area contributed by atoms with Crippen molar-refractivity contribution in [1.82, 2.24) is 4.57 Å². The lowest BCUT2D eigenvalue weighted by Crippen LogP contribution is -2.07. The number of aryl methyl sites for hydroxylation is 1. The normalized spacial score (nSPS) is 11.3. The Morgan fingerprint density at radius 3 is 2.35 bits per heavy atom. The Morgan fingerprint density at radius 2 is 1.80 bits per heavy atom. The molecule has 0 bridgehead atoms. The van der Waals surface area contributed by atoms with Crippen LogP contribution in [0.15, 0.2) is 36.5 Å². The van der Waals surface area contributed by atoms with Gasteiger partial charge in [-0.1, -0.05) is 39.8 Å². The predicted molar refractivity (Wildman–Crippen MR) is 87.4 cm³/mol. The van der Waals surface area contributed by atoms with Gasteiger partial charge in [0.2, 0.25) is 0 Å². The fraction of sp³-hybridized carbons (Fsp3) is 0.444. The molecule has 1 heterocycles. The number of nitrogens with one attached hydrogen (secondary N) is 1. The first-order chi connectivity index (χ1) is 9.49. The van der Waals surface area contributed by atoms with Crippen LogP contribution in [0.4, 0.5) is 5.69 Å². The van der Waals surface area contributed by atoms with E-state index < -0.39 is 0 Å². The number of anilines is 1. The van der Waals surface area contributed by atoms with E-state index in [-0.39, 0.29) is 0 Å². The van der Waals surface area contributed by atoms with E-state index in [2.05, 4.69) is 81.2 Å². The van der Waals surface area contributed by atoms with Gasteiger partial charge in [0, 0.05) is 24.6 Å². The molecule has 1 N–H and O–H groups in total. The van der Waals surface area contributed by atoms with Crippen molar-refractivity contribution < 1.29 is 0 Å². The number of nitrogens with zero attached hydrogens (tertiary/aromatic N) is 1. The van der Waals surface area contributed by atoms with Crippen molar-refractivity contribution in [2.24, 2.45) is 7.05 Å². The Labute approximate surface area is 122 Å². The average molecular weight is 270 g/mol. The molecule has 0 spiro atoms. The second kappa shape index (κ2) is 6.17. The fourth-order valence-corrected chi connectivity index (χ4v) is 2.44. The SMILES string of the molecule is CC(C)c1ccc(NCc2cccn2C)c(C(C)C)c1. The molecule has 0 unspecified atom stereocenters. The Hall–Kier alpha value is -1.70. The van der Waals surface area contributed by atoms with Crippen molar-refractivity contribution in [3.05, 3.63) is 53.3 Å². The first-order valence-electron chi connectivity index (χ1n) is 7.47. The van der Waals surface area contributed by atoms with Gasteiger partial charge in [-0.2, -0.15) is 0 Å². The highest BCUT2D eigenvalue weighted by molar-refractivity contribution is 5.54. The van der Waals surface area contributed by atoms with E-state index in [1.165, 1.54) is 22.5 Å². The highest BCUT2D eigenvalue weighted by atomic mass is 15.0. The summed E-state index contributed by atoms with van der Waals surface area (Å²) in [5.41, 5.74) is 5.38. The van der Waals surface area contributed by atoms with Gasteiger partial charge in [0.1, 0.15) is 0 Å². The monoisotopic (exact) mass is 270 g/mol. The molecule has 1 aromatic carbocycles. The summed E-state index contributed by atoms with van der Waals surface area (Å²) in [4.78, 5) is 0. The van der Waals surface area contributed by atoms with Crippen LogP contribution in [0, 0.1) is 0 Å². The second-order valence-corrected chi connectivity index (χ2v) is 6.12. The van der Waals surface area contributed by atoms with Crippen LogP contribution < -0.4 is 5.32 Å². The van der Waals surface area contributed by atoms with E-state index in [4.69, 9.17) is 0 Å². The molecule has 0 saturated carbocycles. The summed E-state index contributed by atoms with van der Waals surface area (Å²) in [6, 6.07) is 11.1. The van der Waals surface area contributed by atoms with Crippen molar-refractivity contribution in [3.8, 4) is 0 Å². The Morgan fingerprint density at radius 1 is 1.05 bits per heavy atom. The smallest absolute Gasteiger partial charge is 0.0553 e. The maximum absolute atomic E-state index is 3.58. The molecular formula is C18H26N2. The quantitative estimate of drug-likeness (QED) is 0.819. The van der Waals surface area contributed by atoms with Gasteiger partial charge in [0.25, 0.3) is 0 Å². The van der Waals surface area contributed by atoms with Gasteiger partial charge in [-0.15, -0.1) is 0 Å². The fourth-order valence-electron chi connectivity index (χ4n) is 2.44. The molecule has 20 heavy (non-hydrogen) atoms. The second-order valence-electron chi connectivity index (χ2n) is 6.12. The van der Waals surface area contributed by atoms with Crippen LogP contribution in [0.3, 0.4) is 0 Å². The largest absolute Gasteiger partial charge is 0.379 e. The van der Waals surface area contributed by atoms with Crippen molar-refractivity contribution in [3.63, 3.8) is 0 Å². The molecule has 1 aromatic heterocycles. The van der Waals surface area contributed by atoms with E-state index in [0.717, 1.165) is 6.54 Å². The van der Waals surface area contributed by atoms with Crippen molar-refractivity contribution in [2.45, 2.75) is 46.1 Å². The van der Waals surface area contributed by atoms with Crippen LogP contribution in [-0.4, -0.2) is 4.57 Å². The molecule has 0 saturated heterocycles. The molecule has 0 atom stereocenters. The number of hydrogen-bond acceptors (Lipinski definition) is 1. The molecule has 0 amide bonds. The Bertz CT molecular complexity index is 565. The van der Waals surface area contributed by atoms with Gasteiger partial charge in [-0.25, -0.2) is 0 Å². The minimum absolute atomic E-state index is 0.532. The minimum atomic E-state index is 0.532. The zero-order chi connectivity index (χ0) is 14.7. The van der Waals surface area contributed by atoms with E-state index in [9.17, 15) is 0 Å². The summed E-state index contributed by atoms with van der Waals surface area (Å²) in [7, 11) is 2.09. The topological polar surface area (TPSA) is 17.0 Å². The number of rotatable bonds is 5. The molecule has 0 fully saturated rings. The lowest BCUT2D eigenvalue weighted by Gasteiger charge is -2.18. The predicted octanol–water partition coefficient (Wildman–Crippen LogP) is 4.88. The summed E-state index contributed by atoms with van der Waals surface area (Å²) < 4.78 is 2.16. The maximum Gasteiger partial charge on any atom is 0.0553 e. The van der Waals surface area contributed by atoms with Crippen LogP contribution in [0.25, 0.3) is 0 Å². The van der Waals surface area contributed by atoms with Gasteiger partial charge in [-0.05, 0) is 41.2 Å². The zero-order valence-electron chi connectivity index (χ0n) is 13.3. The van der Waals surface area contributed by atoms with E-state index in [1.54, 1.807) is 0 Å². The average Bonchev–Trinajstić information content (AvgIpc) is 2.81. The van der Waals surface area contributed by atoms with Crippen LogP contribution in [0.2, 0.25) is 0 Å². The number of benzene rings is 1. The molecule has 108 valence electrons. The highest BCUT2D eigenvalue weighted by Crippen LogP contribution is 2.28. The number of hydrogen-bond donors (Lipinski definition) is 1. The standard InChI is InChI=1S/C18H26N2/c1-13(2)15-8-9-18(17(11-15)14(3)4)19-12-16-7-6-10-20(16)5/h6-11,13-14,19H,12H2,1-5H3. The van der Waals surface area contributed by atoms with Gasteiger partial charge in [-0.3, -0.25) is 0 Å². The van der Waals surface area contributed by atoms with Crippen molar-refractivity contribution >= 4 is 5.69 Å². The summed E-state index contributed by atoms with van der Waals surface area (Å²) in [5, 5.41) is 3.58. The first kappa shape index (κ1) is 14.7. The van der Waals surface area contributed by atoms with Gasteiger partial charge < -0.3 is 9.88 Å². The molecule has 2 nitrogen and oxygen atoms in total. The maximum atomic E-state index is 3.58. The van der Waals surface area contributed by atoms with Crippen LogP contribution in [-0.2, 0) is 13.6 Å². The van der Waals surface area contributed by atoms with Crippen LogP contribution in [0.1, 0.15) is 56.4 Å². The van der Waals surface area contributed by atoms with E-state index in [0.29, 0.717) is 11.8 Å². The summed E-state index contributed by atoms with van der Waals surface area (Å²) in [6.45, 7) is 9.87. The van der Waals surface area contributed by atoms with Gasteiger partial charge in [0.15, 0.2) is 0 Å². The molecule has 0 aliphatic carbocycles. The first-order valence-corrected chi connectivity index (χ1v) is 7.47. The highest BCUT2D eigenvalue weighted by Gasteiger charge is 2.10. The molecule has 2 rings (SSSR count). The molecule has 0 aliphatic heterocycles. The van der Waals surface area contributed by atoms with E-state index >= 15 is 0 Å². The molecule has 2 heteroatoms. The van der Waals surface area contributed by atoms with Crippen LogP contribution >= 0.6 is 0 Å². The van der Waals surface area contributed by atoms with Crippen molar-refractivity contribution in [2.75, 3.05) is 5.32 Å². The molecule has 0 aliphatic rings. The van der Waals surface area contributed by atoms with E-state index in [1.807, 2.05) is 0 Å². The summed E-state index contributed by atoms with van der Waals surface area (Å²) >= 11 is 0.